The molecule has 0 saturated heterocycles. The second-order valence-electron chi connectivity index (χ2n) is 3.20. The molecular formula is C10H12N2OS2. The predicted octanol–water partition coefficient (Wildman–Crippen LogP) is 2.47. The molecule has 0 unspecified atom stereocenters. The minimum atomic E-state index is 0.241. The molecule has 2 aromatic rings. The molecule has 0 spiro atoms. The van der Waals surface area contributed by atoms with E-state index in [0.29, 0.717) is 0 Å². The van der Waals surface area contributed by atoms with E-state index in [2.05, 4.69) is 22.3 Å². The molecule has 3 nitrogen and oxygen atoms in total. The normalized spacial score (nSPS) is 11.1. The molecule has 5 heteroatoms. The van der Waals surface area contributed by atoms with Crippen molar-refractivity contribution in [3.63, 3.8) is 0 Å². The zero-order chi connectivity index (χ0) is 10.7. The highest BCUT2D eigenvalue weighted by atomic mass is 32.2. The van der Waals surface area contributed by atoms with E-state index < -0.39 is 0 Å². The van der Waals surface area contributed by atoms with E-state index >= 15 is 0 Å². The van der Waals surface area contributed by atoms with E-state index in [-0.39, 0.29) is 6.61 Å². The molecule has 0 bridgehead atoms. The molecule has 0 radical (unpaired) electrons. The molecule has 1 N–H and O–H groups in total. The van der Waals surface area contributed by atoms with Gasteiger partial charge in [0.25, 0.3) is 0 Å². The van der Waals surface area contributed by atoms with Gasteiger partial charge in [0.05, 0.1) is 10.2 Å². The number of thiophene rings is 1. The Hall–Kier alpha value is -0.650. The summed E-state index contributed by atoms with van der Waals surface area (Å²) in [6.45, 7) is 2.30. The summed E-state index contributed by atoms with van der Waals surface area (Å²) in [6.07, 6.45) is 2.42. The first-order chi connectivity index (χ1) is 7.33. The number of rotatable bonds is 4. The molecule has 0 atom stereocenters. The third-order valence-electron chi connectivity index (χ3n) is 2.04. The van der Waals surface area contributed by atoms with Crippen molar-refractivity contribution in [2.45, 2.75) is 18.4 Å². The number of fused-ring (bicyclic) bond motifs is 1. The van der Waals surface area contributed by atoms with Crippen LogP contribution < -0.4 is 0 Å². The average Bonchev–Trinajstić information content (AvgIpc) is 2.62. The average molecular weight is 240 g/mol. The molecular weight excluding hydrogens is 228 g/mol. The van der Waals surface area contributed by atoms with Crippen molar-refractivity contribution in [2.24, 2.45) is 0 Å². The lowest BCUT2D eigenvalue weighted by Crippen LogP contribution is -1.88. The zero-order valence-electron chi connectivity index (χ0n) is 8.43. The maximum Gasteiger partial charge on any atom is 0.117 e. The van der Waals surface area contributed by atoms with Gasteiger partial charge in [0, 0.05) is 12.4 Å². The number of thioether (sulfide) groups is 1. The van der Waals surface area contributed by atoms with E-state index in [1.54, 1.807) is 29.4 Å². The van der Waals surface area contributed by atoms with Crippen LogP contribution in [0.1, 0.15) is 12.0 Å². The quantitative estimate of drug-likeness (QED) is 0.506. The first kappa shape index (κ1) is 10.9. The monoisotopic (exact) mass is 240 g/mol. The van der Waals surface area contributed by atoms with Gasteiger partial charge >= 0.3 is 0 Å². The second kappa shape index (κ2) is 4.92. The van der Waals surface area contributed by atoms with Crippen molar-refractivity contribution in [1.82, 2.24) is 9.97 Å². The molecule has 0 aliphatic heterocycles. The van der Waals surface area contributed by atoms with Crippen molar-refractivity contribution >= 4 is 33.3 Å². The van der Waals surface area contributed by atoms with Gasteiger partial charge in [-0.2, -0.15) is 0 Å². The number of aliphatic hydroxyl groups is 1. The summed E-state index contributed by atoms with van der Waals surface area (Å²) in [7, 11) is 0. The molecule has 0 aromatic carbocycles. The van der Waals surface area contributed by atoms with Crippen LogP contribution in [0.15, 0.2) is 16.7 Å². The van der Waals surface area contributed by atoms with E-state index in [0.717, 1.165) is 27.4 Å². The van der Waals surface area contributed by atoms with Crippen molar-refractivity contribution in [1.29, 1.82) is 0 Å². The third-order valence-corrected chi connectivity index (χ3v) is 4.34. The molecule has 2 heterocycles. The second-order valence-corrected chi connectivity index (χ2v) is 5.16. The van der Waals surface area contributed by atoms with Crippen LogP contribution in [-0.4, -0.2) is 27.4 Å². The number of aryl methyl sites for hydroxylation is 1. The molecule has 0 saturated carbocycles. The number of hydrogen-bond donors (Lipinski definition) is 1. The van der Waals surface area contributed by atoms with Crippen LogP contribution in [0.5, 0.6) is 0 Å². The molecule has 0 aliphatic rings. The Bertz CT molecular complexity index is 456. The number of hydrogen-bond acceptors (Lipinski definition) is 5. The molecule has 2 rings (SSSR count). The van der Waals surface area contributed by atoms with Crippen LogP contribution in [0.25, 0.3) is 10.2 Å². The maximum atomic E-state index is 8.72. The Labute approximate surface area is 96.6 Å². The zero-order valence-corrected chi connectivity index (χ0v) is 10.1. The fraction of sp³-hybridized carbons (Fsp3) is 0.400. The Morgan fingerprint density at radius 2 is 2.33 bits per heavy atom. The van der Waals surface area contributed by atoms with Crippen LogP contribution in [0.3, 0.4) is 0 Å². The first-order valence-electron chi connectivity index (χ1n) is 4.75. The van der Waals surface area contributed by atoms with Gasteiger partial charge in [-0.25, -0.2) is 9.97 Å². The molecule has 0 fully saturated rings. The van der Waals surface area contributed by atoms with Gasteiger partial charge in [-0.1, -0.05) is 0 Å². The lowest BCUT2D eigenvalue weighted by molar-refractivity contribution is 0.296. The lowest BCUT2D eigenvalue weighted by Gasteiger charge is -2.00. The standard InChI is InChI=1S/C10H12N2OS2/c1-7-5-15-9-8(7)11-6-12-10(9)14-4-2-3-13/h5-6,13H,2-4H2,1H3. The SMILES string of the molecule is Cc1csc2c(SCCCO)ncnc12. The molecule has 0 aliphatic carbocycles. The molecule has 2 aromatic heterocycles. The van der Waals surface area contributed by atoms with E-state index in [9.17, 15) is 0 Å². The summed E-state index contributed by atoms with van der Waals surface area (Å²) in [5, 5.41) is 11.9. The smallest absolute Gasteiger partial charge is 0.117 e. The first-order valence-corrected chi connectivity index (χ1v) is 6.62. The molecule has 0 amide bonds. The van der Waals surface area contributed by atoms with Gasteiger partial charge < -0.3 is 5.11 Å². The van der Waals surface area contributed by atoms with Crippen LogP contribution in [0.4, 0.5) is 0 Å². The fourth-order valence-corrected chi connectivity index (χ4v) is 3.31. The van der Waals surface area contributed by atoms with E-state index in [1.165, 1.54) is 5.56 Å². The Kier molecular flexibility index (Phi) is 3.56. The number of aliphatic hydroxyl groups excluding tert-OH is 1. The minimum absolute atomic E-state index is 0.241. The Morgan fingerprint density at radius 3 is 3.13 bits per heavy atom. The lowest BCUT2D eigenvalue weighted by atomic mass is 10.3. The highest BCUT2D eigenvalue weighted by Crippen LogP contribution is 2.31. The van der Waals surface area contributed by atoms with Crippen LogP contribution in [0.2, 0.25) is 0 Å². The van der Waals surface area contributed by atoms with Gasteiger partial charge in [-0.15, -0.1) is 23.1 Å². The summed E-state index contributed by atoms with van der Waals surface area (Å²) in [6, 6.07) is 0. The van der Waals surface area contributed by atoms with Crippen molar-refractivity contribution in [3.05, 3.63) is 17.3 Å². The van der Waals surface area contributed by atoms with E-state index in [1.807, 2.05) is 0 Å². The van der Waals surface area contributed by atoms with Gasteiger partial charge in [0.1, 0.15) is 11.4 Å². The highest BCUT2D eigenvalue weighted by Gasteiger charge is 2.07. The number of nitrogens with zero attached hydrogens (tertiary/aromatic N) is 2. The van der Waals surface area contributed by atoms with Gasteiger partial charge in [0.15, 0.2) is 0 Å². The van der Waals surface area contributed by atoms with Crippen molar-refractivity contribution in [3.8, 4) is 0 Å². The topological polar surface area (TPSA) is 46.0 Å². The van der Waals surface area contributed by atoms with Crippen molar-refractivity contribution < 1.29 is 5.11 Å². The third kappa shape index (κ3) is 2.30. The molecule has 15 heavy (non-hydrogen) atoms. The largest absolute Gasteiger partial charge is 0.396 e. The van der Waals surface area contributed by atoms with Crippen LogP contribution in [-0.2, 0) is 0 Å². The summed E-state index contributed by atoms with van der Waals surface area (Å²) in [5.74, 6) is 0.902. The van der Waals surface area contributed by atoms with Gasteiger partial charge in [-0.3, -0.25) is 0 Å². The maximum absolute atomic E-state index is 8.72. The van der Waals surface area contributed by atoms with Gasteiger partial charge in [0.2, 0.25) is 0 Å². The van der Waals surface area contributed by atoms with Crippen LogP contribution in [0, 0.1) is 6.92 Å². The summed E-state index contributed by atoms with van der Waals surface area (Å²) >= 11 is 3.38. The summed E-state index contributed by atoms with van der Waals surface area (Å²) in [4.78, 5) is 8.54. The van der Waals surface area contributed by atoms with Gasteiger partial charge in [-0.05, 0) is 24.3 Å². The number of aromatic nitrogens is 2. The summed E-state index contributed by atoms with van der Waals surface area (Å²) in [5.41, 5.74) is 2.27. The highest BCUT2D eigenvalue weighted by molar-refractivity contribution is 7.99. The fourth-order valence-electron chi connectivity index (χ4n) is 1.28. The van der Waals surface area contributed by atoms with Crippen molar-refractivity contribution in [2.75, 3.05) is 12.4 Å². The van der Waals surface area contributed by atoms with Crippen LogP contribution >= 0.6 is 23.1 Å². The predicted molar refractivity (Wildman–Crippen MR) is 64.6 cm³/mol. The molecule has 80 valence electrons. The minimum Gasteiger partial charge on any atom is -0.396 e. The van der Waals surface area contributed by atoms with E-state index in [4.69, 9.17) is 5.11 Å². The Balaban J connectivity index is 2.26. The Morgan fingerprint density at radius 1 is 1.47 bits per heavy atom. The summed E-state index contributed by atoms with van der Waals surface area (Å²) < 4.78 is 1.16.